The van der Waals surface area contributed by atoms with Crippen molar-refractivity contribution in [1.29, 1.82) is 0 Å². The second-order valence-electron chi connectivity index (χ2n) is 4.88. The average Bonchev–Trinajstić information content (AvgIpc) is 2.79. The first-order chi connectivity index (χ1) is 8.24. The number of fused-ring (bicyclic) bond motifs is 1. The van der Waals surface area contributed by atoms with Crippen molar-refractivity contribution >= 4 is 28.9 Å². The van der Waals surface area contributed by atoms with Gasteiger partial charge in [0.1, 0.15) is 5.15 Å². The van der Waals surface area contributed by atoms with Crippen LogP contribution in [0.25, 0.3) is 0 Å². The molecular formula is C12H15Cl2N3. The highest BCUT2D eigenvalue weighted by atomic mass is 35.5. The molecule has 1 aromatic rings. The fraction of sp³-hybridized carbons (Fsp3) is 0.583. The molecule has 2 aliphatic rings. The number of nitrogens with one attached hydrogen (secondary N) is 1. The Bertz CT molecular complexity index is 424. The molecule has 3 nitrogen and oxygen atoms in total. The molecule has 5 heteroatoms. The van der Waals surface area contributed by atoms with E-state index >= 15 is 0 Å². The maximum Gasteiger partial charge on any atom is 0.147 e. The Balaban J connectivity index is 1.78. The van der Waals surface area contributed by atoms with E-state index in [2.05, 4.69) is 15.2 Å². The minimum atomic E-state index is 0.382. The summed E-state index contributed by atoms with van der Waals surface area (Å²) in [4.78, 5) is 6.48. The SMILES string of the molecule is Clc1cc(N2CCC3CNCC3C2)cnc1Cl. The van der Waals surface area contributed by atoms with Gasteiger partial charge in [-0.15, -0.1) is 0 Å². The fourth-order valence-corrected chi connectivity index (χ4v) is 3.12. The third kappa shape index (κ3) is 2.24. The summed E-state index contributed by atoms with van der Waals surface area (Å²) in [7, 11) is 0. The number of piperidine rings is 1. The van der Waals surface area contributed by atoms with Crippen molar-refractivity contribution in [3.63, 3.8) is 0 Å². The summed E-state index contributed by atoms with van der Waals surface area (Å²) in [6.45, 7) is 4.49. The van der Waals surface area contributed by atoms with E-state index < -0.39 is 0 Å². The second-order valence-corrected chi connectivity index (χ2v) is 5.64. The average molecular weight is 272 g/mol. The van der Waals surface area contributed by atoms with Crippen molar-refractivity contribution in [2.24, 2.45) is 11.8 Å². The van der Waals surface area contributed by atoms with Crippen LogP contribution in [-0.2, 0) is 0 Å². The quantitative estimate of drug-likeness (QED) is 0.796. The molecule has 0 bridgehead atoms. The van der Waals surface area contributed by atoms with Gasteiger partial charge in [-0.2, -0.15) is 0 Å². The molecule has 2 unspecified atom stereocenters. The number of rotatable bonds is 1. The predicted octanol–water partition coefficient (Wildman–Crippen LogP) is 2.43. The number of pyridine rings is 1. The summed E-state index contributed by atoms with van der Waals surface area (Å²) < 4.78 is 0. The Morgan fingerprint density at radius 3 is 2.94 bits per heavy atom. The standard InChI is InChI=1S/C12H15Cl2N3/c13-11-3-10(6-16-12(11)14)17-2-1-8-4-15-5-9(8)7-17/h3,6,8-9,15H,1-2,4-5,7H2. The first kappa shape index (κ1) is 11.6. The second kappa shape index (κ2) is 4.63. The van der Waals surface area contributed by atoms with Crippen molar-refractivity contribution in [3.8, 4) is 0 Å². The van der Waals surface area contributed by atoms with Crippen molar-refractivity contribution < 1.29 is 0 Å². The molecule has 0 radical (unpaired) electrons. The van der Waals surface area contributed by atoms with Crippen LogP contribution in [0.2, 0.25) is 10.2 Å². The van der Waals surface area contributed by atoms with Crippen molar-refractivity contribution in [3.05, 3.63) is 22.4 Å². The minimum Gasteiger partial charge on any atom is -0.370 e. The minimum absolute atomic E-state index is 0.382. The van der Waals surface area contributed by atoms with Crippen LogP contribution in [0.1, 0.15) is 6.42 Å². The molecule has 2 atom stereocenters. The topological polar surface area (TPSA) is 28.2 Å². The van der Waals surface area contributed by atoms with Gasteiger partial charge >= 0.3 is 0 Å². The third-order valence-corrected chi connectivity index (χ3v) is 4.54. The summed E-state index contributed by atoms with van der Waals surface area (Å²) in [6.07, 6.45) is 3.06. The molecule has 1 N–H and O–H groups in total. The number of hydrogen-bond acceptors (Lipinski definition) is 3. The van der Waals surface area contributed by atoms with Gasteiger partial charge in [0, 0.05) is 13.1 Å². The van der Waals surface area contributed by atoms with E-state index in [1.54, 1.807) is 0 Å². The molecule has 3 heterocycles. The number of anilines is 1. The molecule has 1 aromatic heterocycles. The van der Waals surface area contributed by atoms with Gasteiger partial charge in [0.05, 0.1) is 16.9 Å². The lowest BCUT2D eigenvalue weighted by Gasteiger charge is -2.35. The van der Waals surface area contributed by atoms with Crippen LogP contribution >= 0.6 is 23.2 Å². The molecule has 3 rings (SSSR count). The Morgan fingerprint density at radius 2 is 2.12 bits per heavy atom. The highest BCUT2D eigenvalue weighted by Gasteiger charge is 2.32. The summed E-state index contributed by atoms with van der Waals surface area (Å²) in [5.41, 5.74) is 1.09. The molecular weight excluding hydrogens is 257 g/mol. The van der Waals surface area contributed by atoms with Crippen LogP contribution < -0.4 is 10.2 Å². The zero-order valence-electron chi connectivity index (χ0n) is 9.50. The summed E-state index contributed by atoms with van der Waals surface area (Å²) in [6, 6.07) is 1.92. The normalized spacial score (nSPS) is 28.2. The van der Waals surface area contributed by atoms with Crippen LogP contribution in [0, 0.1) is 11.8 Å². The zero-order valence-corrected chi connectivity index (χ0v) is 11.0. The van der Waals surface area contributed by atoms with Gasteiger partial charge in [0.2, 0.25) is 0 Å². The highest BCUT2D eigenvalue weighted by Crippen LogP contribution is 2.31. The Kier molecular flexibility index (Phi) is 3.16. The van der Waals surface area contributed by atoms with Crippen molar-refractivity contribution in [1.82, 2.24) is 10.3 Å². The van der Waals surface area contributed by atoms with Gasteiger partial charge in [-0.05, 0) is 37.4 Å². The molecule has 0 aromatic carbocycles. The molecule has 2 fully saturated rings. The van der Waals surface area contributed by atoms with Crippen LogP contribution in [0.5, 0.6) is 0 Å². The molecule has 0 aliphatic carbocycles. The highest BCUT2D eigenvalue weighted by molar-refractivity contribution is 6.41. The third-order valence-electron chi connectivity index (χ3n) is 3.85. The van der Waals surface area contributed by atoms with Crippen LogP contribution in [0.3, 0.4) is 0 Å². The van der Waals surface area contributed by atoms with Gasteiger partial charge in [0.25, 0.3) is 0 Å². The maximum absolute atomic E-state index is 6.01. The van der Waals surface area contributed by atoms with E-state index in [1.807, 2.05) is 12.3 Å². The molecule has 2 aliphatic heterocycles. The van der Waals surface area contributed by atoms with E-state index in [0.29, 0.717) is 10.2 Å². The molecule has 2 saturated heterocycles. The van der Waals surface area contributed by atoms with Crippen LogP contribution in [0.15, 0.2) is 12.3 Å². The molecule has 0 saturated carbocycles. The van der Waals surface area contributed by atoms with E-state index in [-0.39, 0.29) is 0 Å². The van der Waals surface area contributed by atoms with E-state index in [4.69, 9.17) is 23.2 Å². The van der Waals surface area contributed by atoms with Gasteiger partial charge in [-0.25, -0.2) is 4.98 Å². The molecule has 92 valence electrons. The van der Waals surface area contributed by atoms with E-state index in [0.717, 1.165) is 37.2 Å². The molecule has 17 heavy (non-hydrogen) atoms. The van der Waals surface area contributed by atoms with Gasteiger partial charge < -0.3 is 10.2 Å². The monoisotopic (exact) mass is 271 g/mol. The summed E-state index contributed by atoms with van der Waals surface area (Å²) in [5.74, 6) is 1.61. The Hall–Kier alpha value is -0.510. The van der Waals surface area contributed by atoms with E-state index in [1.165, 1.54) is 13.0 Å². The zero-order chi connectivity index (χ0) is 11.8. The summed E-state index contributed by atoms with van der Waals surface area (Å²) >= 11 is 11.8. The lowest BCUT2D eigenvalue weighted by atomic mass is 9.88. The van der Waals surface area contributed by atoms with Crippen molar-refractivity contribution in [2.45, 2.75) is 6.42 Å². The van der Waals surface area contributed by atoms with E-state index in [9.17, 15) is 0 Å². The lowest BCUT2D eigenvalue weighted by molar-refractivity contribution is 0.349. The largest absolute Gasteiger partial charge is 0.370 e. The predicted molar refractivity (Wildman–Crippen MR) is 70.9 cm³/mol. The molecule has 0 spiro atoms. The van der Waals surface area contributed by atoms with Crippen molar-refractivity contribution in [2.75, 3.05) is 31.1 Å². The van der Waals surface area contributed by atoms with Crippen LogP contribution in [0.4, 0.5) is 5.69 Å². The lowest BCUT2D eigenvalue weighted by Crippen LogP contribution is -2.40. The molecule has 0 amide bonds. The fourth-order valence-electron chi connectivity index (χ4n) is 2.85. The number of nitrogens with zero attached hydrogens (tertiary/aromatic N) is 2. The van der Waals surface area contributed by atoms with Gasteiger partial charge in [-0.1, -0.05) is 23.2 Å². The first-order valence-corrected chi connectivity index (χ1v) is 6.76. The first-order valence-electron chi connectivity index (χ1n) is 6.01. The Labute approximate surface area is 111 Å². The maximum atomic E-state index is 6.01. The van der Waals surface area contributed by atoms with Gasteiger partial charge in [0.15, 0.2) is 0 Å². The summed E-state index contributed by atoms with van der Waals surface area (Å²) in [5, 5.41) is 4.39. The van der Waals surface area contributed by atoms with Gasteiger partial charge in [-0.3, -0.25) is 0 Å². The van der Waals surface area contributed by atoms with Crippen LogP contribution in [-0.4, -0.2) is 31.2 Å². The number of hydrogen-bond donors (Lipinski definition) is 1. The number of halogens is 2. The Morgan fingerprint density at radius 1 is 1.29 bits per heavy atom. The smallest absolute Gasteiger partial charge is 0.147 e. The number of aromatic nitrogens is 1.